The van der Waals surface area contributed by atoms with Gasteiger partial charge in [-0.3, -0.25) is 23.9 Å². The number of benzene rings is 4. The molecule has 1 atom stereocenters. The van der Waals surface area contributed by atoms with E-state index in [4.69, 9.17) is 4.42 Å². The van der Waals surface area contributed by atoms with E-state index in [1.54, 1.807) is 85.4 Å². The molecule has 0 aliphatic heterocycles. The molecule has 0 aliphatic rings. The molecule has 3 N–H and O–H groups in total. The summed E-state index contributed by atoms with van der Waals surface area (Å²) >= 11 is 1.31. The number of amides is 3. The molecule has 1 unspecified atom stereocenters. The van der Waals surface area contributed by atoms with Gasteiger partial charge in [-0.1, -0.05) is 66.7 Å². The maximum atomic E-state index is 13.9. The minimum absolute atomic E-state index is 0.00407. The number of thioether (sulfide) groups is 1. The number of hydrogen-bond acceptors (Lipinski definition) is 6. The maximum Gasteiger partial charge on any atom is 0.295 e. The number of nitrogens with one attached hydrogen (secondary N) is 3. The van der Waals surface area contributed by atoms with Gasteiger partial charge in [0.05, 0.1) is 17.6 Å². The van der Waals surface area contributed by atoms with E-state index in [1.807, 2.05) is 60.7 Å². The van der Waals surface area contributed by atoms with Gasteiger partial charge in [-0.25, -0.2) is 4.68 Å². The van der Waals surface area contributed by atoms with E-state index >= 15 is 0 Å². The summed E-state index contributed by atoms with van der Waals surface area (Å²) in [6.07, 6.45) is 2.92. The van der Waals surface area contributed by atoms with Gasteiger partial charge in [0, 0.05) is 29.3 Å². The Morgan fingerprint density at radius 3 is 2.06 bits per heavy atom. The van der Waals surface area contributed by atoms with E-state index in [2.05, 4.69) is 16.0 Å². The number of rotatable bonds is 11. The van der Waals surface area contributed by atoms with Crippen LogP contribution in [0, 0.1) is 6.92 Å². The number of nitrogens with zero attached hydrogens (tertiary/aromatic N) is 2. The van der Waals surface area contributed by atoms with Crippen molar-refractivity contribution in [2.75, 3.05) is 10.6 Å². The van der Waals surface area contributed by atoms with Crippen LogP contribution in [-0.4, -0.2) is 27.1 Å². The fourth-order valence-corrected chi connectivity index (χ4v) is 6.24. The molecule has 0 saturated heterocycles. The van der Waals surface area contributed by atoms with Crippen molar-refractivity contribution in [2.24, 2.45) is 7.05 Å². The molecule has 11 heteroatoms. The number of furan rings is 1. The molecule has 3 amide bonds. The highest BCUT2D eigenvalue weighted by Crippen LogP contribution is 2.37. The summed E-state index contributed by atoms with van der Waals surface area (Å²) in [7, 11) is 1.77. The van der Waals surface area contributed by atoms with Gasteiger partial charge in [-0.2, -0.15) is 0 Å². The zero-order valence-corrected chi connectivity index (χ0v) is 28.0. The fraction of sp³-hybridized carbons (Fsp3) is 0.0769. The van der Waals surface area contributed by atoms with Gasteiger partial charge >= 0.3 is 0 Å². The first kappa shape index (κ1) is 33.6. The lowest BCUT2D eigenvalue weighted by Gasteiger charge is -2.17. The predicted molar refractivity (Wildman–Crippen MR) is 195 cm³/mol. The summed E-state index contributed by atoms with van der Waals surface area (Å²) in [6, 6.07) is 37.5. The van der Waals surface area contributed by atoms with Crippen LogP contribution in [0.5, 0.6) is 0 Å². The lowest BCUT2D eigenvalue weighted by Crippen LogP contribution is -2.30. The molecule has 2 heterocycles. The summed E-state index contributed by atoms with van der Waals surface area (Å²) in [5, 5.41) is 7.71. The Labute approximate surface area is 292 Å². The van der Waals surface area contributed by atoms with Crippen molar-refractivity contribution < 1.29 is 18.8 Å². The topological polar surface area (TPSA) is 127 Å². The van der Waals surface area contributed by atoms with Crippen LogP contribution in [0.4, 0.5) is 11.4 Å². The second kappa shape index (κ2) is 15.3. The third kappa shape index (κ3) is 7.69. The average molecular weight is 684 g/mol. The number of anilines is 2. The van der Waals surface area contributed by atoms with Gasteiger partial charge in [-0.05, 0) is 73.2 Å². The van der Waals surface area contributed by atoms with Gasteiger partial charge in [0.25, 0.3) is 17.4 Å². The second-order valence-electron chi connectivity index (χ2n) is 11.2. The fourth-order valence-electron chi connectivity index (χ4n) is 5.21. The molecule has 4 aromatic carbocycles. The Bertz CT molecular complexity index is 2190. The molecule has 0 aliphatic carbocycles. The number of aromatic nitrogens is 2. The predicted octanol–water partition coefficient (Wildman–Crippen LogP) is 6.96. The summed E-state index contributed by atoms with van der Waals surface area (Å²) in [6.45, 7) is 1.79. The number of para-hydroxylation sites is 1. The van der Waals surface area contributed by atoms with Crippen LogP contribution in [0.1, 0.15) is 32.6 Å². The molecule has 50 heavy (non-hydrogen) atoms. The van der Waals surface area contributed by atoms with Crippen LogP contribution in [0.2, 0.25) is 0 Å². The largest absolute Gasteiger partial charge is 0.465 e. The van der Waals surface area contributed by atoms with Crippen molar-refractivity contribution in [1.82, 2.24) is 14.7 Å². The van der Waals surface area contributed by atoms with E-state index in [1.165, 1.54) is 28.8 Å². The monoisotopic (exact) mass is 683 g/mol. The van der Waals surface area contributed by atoms with E-state index in [9.17, 15) is 19.2 Å². The maximum absolute atomic E-state index is 13.9. The Kier molecular flexibility index (Phi) is 10.2. The van der Waals surface area contributed by atoms with E-state index in [-0.39, 0.29) is 22.9 Å². The van der Waals surface area contributed by atoms with Crippen molar-refractivity contribution in [2.45, 2.75) is 17.1 Å². The van der Waals surface area contributed by atoms with Crippen molar-refractivity contribution in [3.63, 3.8) is 0 Å². The third-order valence-corrected chi connectivity index (χ3v) is 9.13. The van der Waals surface area contributed by atoms with Gasteiger partial charge in [0.2, 0.25) is 5.91 Å². The molecule has 6 rings (SSSR count). The van der Waals surface area contributed by atoms with Crippen LogP contribution in [0.25, 0.3) is 11.8 Å². The Morgan fingerprint density at radius 1 is 0.780 bits per heavy atom. The quantitative estimate of drug-likeness (QED) is 0.100. The van der Waals surface area contributed by atoms with E-state index in [0.717, 1.165) is 10.5 Å². The average Bonchev–Trinajstić information content (AvgIpc) is 3.74. The Balaban J connectivity index is 1.20. The summed E-state index contributed by atoms with van der Waals surface area (Å²) in [5.74, 6) is -0.955. The van der Waals surface area contributed by atoms with Crippen molar-refractivity contribution in [3.05, 3.63) is 172 Å². The minimum atomic E-state index is -0.697. The Hall–Kier alpha value is -6.33. The number of carbonyl (C=O) groups is 3. The Morgan fingerprint density at radius 2 is 1.42 bits per heavy atom. The molecule has 0 bridgehead atoms. The molecule has 10 nitrogen and oxygen atoms in total. The van der Waals surface area contributed by atoms with Gasteiger partial charge < -0.3 is 20.4 Å². The molecule has 0 fully saturated rings. The molecule has 250 valence electrons. The van der Waals surface area contributed by atoms with Crippen LogP contribution in [-0.2, 0) is 16.6 Å². The van der Waals surface area contributed by atoms with Crippen LogP contribution >= 0.6 is 11.8 Å². The zero-order chi connectivity index (χ0) is 35.0. The normalized spacial score (nSPS) is 11.8. The van der Waals surface area contributed by atoms with Crippen LogP contribution in [0.3, 0.4) is 0 Å². The number of carbonyl (C=O) groups excluding carboxylic acids is 3. The molecular weight excluding hydrogens is 651 g/mol. The molecule has 0 radical (unpaired) electrons. The van der Waals surface area contributed by atoms with Crippen LogP contribution in [0.15, 0.2) is 153 Å². The standard InChI is InChI=1S/C39H33N5O5S/c1-26-34(39(48)44(43(26)2)30-17-10-5-11-18-30)42-38(47)35(27-13-6-3-7-14-27)50-32-22-20-29(21-23-32)40-37(46)33(25-31-19-12-24-49-31)41-36(45)28-15-8-4-9-16-28/h3-25,35H,1-2H3,(H,40,46)(H,41,45)(H,42,47)/b33-25-. The SMILES string of the molecule is Cc1c(NC(=O)C(Sc2ccc(NC(=O)/C(=C/c3ccco3)NC(=O)c3ccccc3)cc2)c2ccccc2)c(=O)n(-c2ccccc2)n1C. The van der Waals surface area contributed by atoms with Crippen molar-refractivity contribution in [1.29, 1.82) is 0 Å². The van der Waals surface area contributed by atoms with Gasteiger partial charge in [-0.15, -0.1) is 11.8 Å². The van der Waals surface area contributed by atoms with Crippen LogP contribution < -0.4 is 21.5 Å². The summed E-state index contributed by atoms with van der Waals surface area (Å²) in [5.41, 5.74) is 2.80. The highest BCUT2D eigenvalue weighted by molar-refractivity contribution is 8.00. The van der Waals surface area contributed by atoms with E-state index in [0.29, 0.717) is 28.4 Å². The lowest BCUT2D eigenvalue weighted by atomic mass is 10.1. The minimum Gasteiger partial charge on any atom is -0.465 e. The molecular formula is C39H33N5O5S. The molecule has 0 spiro atoms. The van der Waals surface area contributed by atoms with Gasteiger partial charge in [0.1, 0.15) is 22.4 Å². The second-order valence-corrected chi connectivity index (χ2v) is 12.4. The molecule has 6 aromatic rings. The molecule has 2 aromatic heterocycles. The number of hydrogen-bond donors (Lipinski definition) is 3. The highest BCUT2D eigenvalue weighted by atomic mass is 32.2. The molecule has 0 saturated carbocycles. The van der Waals surface area contributed by atoms with Gasteiger partial charge in [0.15, 0.2) is 0 Å². The smallest absolute Gasteiger partial charge is 0.295 e. The first-order valence-corrected chi connectivity index (χ1v) is 16.6. The first-order valence-electron chi connectivity index (χ1n) is 15.7. The summed E-state index contributed by atoms with van der Waals surface area (Å²) < 4.78 is 8.61. The van der Waals surface area contributed by atoms with E-state index < -0.39 is 17.1 Å². The lowest BCUT2D eigenvalue weighted by molar-refractivity contribution is -0.116. The highest BCUT2D eigenvalue weighted by Gasteiger charge is 2.26. The first-order chi connectivity index (χ1) is 24.3. The third-order valence-electron chi connectivity index (χ3n) is 7.87. The summed E-state index contributed by atoms with van der Waals surface area (Å²) in [4.78, 5) is 54.4. The zero-order valence-electron chi connectivity index (χ0n) is 27.2. The van der Waals surface area contributed by atoms with Crippen molar-refractivity contribution in [3.8, 4) is 5.69 Å². The van der Waals surface area contributed by atoms with Crippen molar-refractivity contribution >= 4 is 46.9 Å².